The van der Waals surface area contributed by atoms with E-state index >= 15 is 0 Å². The van der Waals surface area contributed by atoms with Crippen LogP contribution in [0, 0.1) is 12.8 Å². The Morgan fingerprint density at radius 3 is 2.67 bits per heavy atom. The molecule has 1 heterocycles. The molecule has 0 saturated heterocycles. The summed E-state index contributed by atoms with van der Waals surface area (Å²) in [5.74, 6) is 0.477. The van der Waals surface area contributed by atoms with E-state index in [4.69, 9.17) is 5.73 Å². The number of rotatable bonds is 4. The number of pyridine rings is 1. The smallest absolute Gasteiger partial charge is 0.240 e. The highest BCUT2D eigenvalue weighted by atomic mass is 16.1. The Morgan fingerprint density at radius 2 is 2.20 bits per heavy atom. The van der Waals surface area contributed by atoms with Gasteiger partial charge in [0, 0.05) is 6.20 Å². The highest BCUT2D eigenvalue weighted by Gasteiger charge is 2.19. The normalized spacial score (nSPS) is 12.5. The molecule has 4 nitrogen and oxygen atoms in total. The standard InChI is InChI=1S/C11H17N3O/c1-7(2)10(11(12)15)14-9-6-8(3)4-5-13-9/h4-7,10H,1-3H3,(H2,12,15)(H,13,14). The summed E-state index contributed by atoms with van der Waals surface area (Å²) in [5, 5.41) is 3.03. The number of nitrogens with zero attached hydrogens (tertiary/aromatic N) is 1. The minimum absolute atomic E-state index is 0.143. The minimum atomic E-state index is -0.376. The van der Waals surface area contributed by atoms with E-state index in [1.807, 2.05) is 32.9 Å². The van der Waals surface area contributed by atoms with Gasteiger partial charge in [0.1, 0.15) is 11.9 Å². The molecule has 0 aliphatic carbocycles. The predicted molar refractivity (Wildman–Crippen MR) is 60.4 cm³/mol. The zero-order valence-electron chi connectivity index (χ0n) is 9.32. The molecule has 15 heavy (non-hydrogen) atoms. The van der Waals surface area contributed by atoms with Gasteiger partial charge in [-0.15, -0.1) is 0 Å². The molecule has 0 aliphatic rings. The van der Waals surface area contributed by atoms with Crippen molar-refractivity contribution in [1.82, 2.24) is 4.98 Å². The van der Waals surface area contributed by atoms with Crippen molar-refractivity contribution in [2.24, 2.45) is 11.7 Å². The molecular formula is C11H17N3O. The second kappa shape index (κ2) is 4.77. The fourth-order valence-corrected chi connectivity index (χ4v) is 1.34. The Kier molecular flexibility index (Phi) is 3.66. The van der Waals surface area contributed by atoms with E-state index in [9.17, 15) is 4.79 Å². The minimum Gasteiger partial charge on any atom is -0.368 e. The molecule has 82 valence electrons. The Bertz CT molecular complexity index is 349. The van der Waals surface area contributed by atoms with Gasteiger partial charge >= 0.3 is 0 Å². The lowest BCUT2D eigenvalue weighted by atomic mass is 10.0. The van der Waals surface area contributed by atoms with Crippen molar-refractivity contribution < 1.29 is 4.79 Å². The van der Waals surface area contributed by atoms with Crippen molar-refractivity contribution in [2.75, 3.05) is 5.32 Å². The van der Waals surface area contributed by atoms with Crippen molar-refractivity contribution >= 4 is 11.7 Å². The van der Waals surface area contributed by atoms with Gasteiger partial charge in [-0.2, -0.15) is 0 Å². The molecule has 0 aliphatic heterocycles. The Balaban J connectivity index is 2.79. The zero-order chi connectivity index (χ0) is 11.4. The fourth-order valence-electron chi connectivity index (χ4n) is 1.34. The molecule has 0 radical (unpaired) electrons. The van der Waals surface area contributed by atoms with Crippen LogP contribution in [0.5, 0.6) is 0 Å². The van der Waals surface area contributed by atoms with Gasteiger partial charge in [-0.05, 0) is 30.5 Å². The largest absolute Gasteiger partial charge is 0.368 e. The van der Waals surface area contributed by atoms with Crippen LogP contribution in [0.25, 0.3) is 0 Å². The highest BCUT2D eigenvalue weighted by molar-refractivity contribution is 5.82. The number of nitrogens with two attached hydrogens (primary N) is 1. The van der Waals surface area contributed by atoms with E-state index in [0.29, 0.717) is 5.82 Å². The lowest BCUT2D eigenvalue weighted by molar-refractivity contribution is -0.119. The summed E-state index contributed by atoms with van der Waals surface area (Å²) in [7, 11) is 0. The maximum atomic E-state index is 11.2. The van der Waals surface area contributed by atoms with Crippen molar-refractivity contribution in [1.29, 1.82) is 0 Å². The van der Waals surface area contributed by atoms with E-state index in [-0.39, 0.29) is 17.9 Å². The molecule has 3 N–H and O–H groups in total. The molecule has 1 rings (SSSR count). The summed E-state index contributed by atoms with van der Waals surface area (Å²) in [6, 6.07) is 3.41. The van der Waals surface area contributed by atoms with Crippen molar-refractivity contribution in [2.45, 2.75) is 26.8 Å². The number of aryl methyl sites for hydroxylation is 1. The van der Waals surface area contributed by atoms with Crippen molar-refractivity contribution in [3.05, 3.63) is 23.9 Å². The van der Waals surface area contributed by atoms with Gasteiger partial charge in [0.2, 0.25) is 5.91 Å². The Hall–Kier alpha value is -1.58. The highest BCUT2D eigenvalue weighted by Crippen LogP contribution is 2.11. The average molecular weight is 207 g/mol. The van der Waals surface area contributed by atoms with E-state index < -0.39 is 0 Å². The SMILES string of the molecule is Cc1ccnc(NC(C(N)=O)C(C)C)c1. The van der Waals surface area contributed by atoms with Gasteiger partial charge < -0.3 is 11.1 Å². The molecule has 0 saturated carbocycles. The number of nitrogens with one attached hydrogen (secondary N) is 1. The second-order valence-corrected chi connectivity index (χ2v) is 3.99. The Labute approximate surface area is 89.9 Å². The van der Waals surface area contributed by atoms with Crippen molar-refractivity contribution in [3.63, 3.8) is 0 Å². The van der Waals surface area contributed by atoms with Gasteiger partial charge in [0.05, 0.1) is 0 Å². The number of carbonyl (C=O) groups is 1. The maximum absolute atomic E-state index is 11.2. The number of primary amides is 1. The first kappa shape index (κ1) is 11.5. The number of amides is 1. The van der Waals surface area contributed by atoms with Gasteiger partial charge in [0.25, 0.3) is 0 Å². The van der Waals surface area contributed by atoms with Crippen LogP contribution in [0.1, 0.15) is 19.4 Å². The number of hydrogen-bond donors (Lipinski definition) is 2. The maximum Gasteiger partial charge on any atom is 0.240 e. The molecule has 1 atom stereocenters. The molecule has 4 heteroatoms. The third-order valence-electron chi connectivity index (χ3n) is 2.19. The number of anilines is 1. The number of carbonyl (C=O) groups excluding carboxylic acids is 1. The molecular weight excluding hydrogens is 190 g/mol. The lowest BCUT2D eigenvalue weighted by Gasteiger charge is -2.19. The van der Waals surface area contributed by atoms with E-state index in [0.717, 1.165) is 5.56 Å². The third kappa shape index (κ3) is 3.23. The number of hydrogen-bond acceptors (Lipinski definition) is 3. The summed E-state index contributed by atoms with van der Waals surface area (Å²) in [5.41, 5.74) is 6.39. The van der Waals surface area contributed by atoms with E-state index in [2.05, 4.69) is 10.3 Å². The van der Waals surface area contributed by atoms with Crippen LogP contribution >= 0.6 is 0 Å². The summed E-state index contributed by atoms with van der Waals surface area (Å²) in [6.45, 7) is 5.86. The first-order chi connectivity index (χ1) is 7.00. The van der Waals surface area contributed by atoms with Gasteiger partial charge in [-0.3, -0.25) is 4.79 Å². The van der Waals surface area contributed by atoms with Gasteiger partial charge in [-0.1, -0.05) is 13.8 Å². The van der Waals surface area contributed by atoms with Gasteiger partial charge in [-0.25, -0.2) is 4.98 Å². The van der Waals surface area contributed by atoms with Gasteiger partial charge in [0.15, 0.2) is 0 Å². The first-order valence-corrected chi connectivity index (χ1v) is 4.99. The van der Waals surface area contributed by atoms with Crippen LogP contribution in [-0.4, -0.2) is 16.9 Å². The zero-order valence-corrected chi connectivity index (χ0v) is 9.32. The molecule has 0 bridgehead atoms. The Morgan fingerprint density at radius 1 is 1.53 bits per heavy atom. The van der Waals surface area contributed by atoms with Crippen LogP contribution in [0.3, 0.4) is 0 Å². The third-order valence-corrected chi connectivity index (χ3v) is 2.19. The number of aromatic nitrogens is 1. The molecule has 0 fully saturated rings. The topological polar surface area (TPSA) is 68.0 Å². The molecule has 1 aromatic heterocycles. The summed E-state index contributed by atoms with van der Waals surface area (Å²) < 4.78 is 0. The second-order valence-electron chi connectivity index (χ2n) is 3.99. The summed E-state index contributed by atoms with van der Waals surface area (Å²) in [4.78, 5) is 15.3. The first-order valence-electron chi connectivity index (χ1n) is 4.99. The molecule has 0 spiro atoms. The van der Waals surface area contributed by atoms with Crippen LogP contribution in [0.2, 0.25) is 0 Å². The van der Waals surface area contributed by atoms with Crippen LogP contribution in [0.4, 0.5) is 5.82 Å². The molecule has 1 amide bonds. The molecule has 0 aromatic carbocycles. The van der Waals surface area contributed by atoms with E-state index in [1.54, 1.807) is 6.20 Å². The molecule has 1 aromatic rings. The lowest BCUT2D eigenvalue weighted by Crippen LogP contribution is -2.39. The van der Waals surface area contributed by atoms with Crippen LogP contribution in [-0.2, 0) is 4.79 Å². The fraction of sp³-hybridized carbons (Fsp3) is 0.455. The quantitative estimate of drug-likeness (QED) is 0.782. The predicted octanol–water partition coefficient (Wildman–Crippen LogP) is 1.31. The van der Waals surface area contributed by atoms with Crippen molar-refractivity contribution in [3.8, 4) is 0 Å². The van der Waals surface area contributed by atoms with Crippen LogP contribution in [0.15, 0.2) is 18.3 Å². The van der Waals surface area contributed by atoms with Crippen LogP contribution < -0.4 is 11.1 Å². The van der Waals surface area contributed by atoms with E-state index in [1.165, 1.54) is 0 Å². The average Bonchev–Trinajstić information content (AvgIpc) is 2.13. The molecule has 1 unspecified atom stereocenters. The summed E-state index contributed by atoms with van der Waals surface area (Å²) in [6.07, 6.45) is 1.70. The summed E-state index contributed by atoms with van der Waals surface area (Å²) >= 11 is 0. The monoisotopic (exact) mass is 207 g/mol.